The van der Waals surface area contributed by atoms with Gasteiger partial charge in [0.2, 0.25) is 0 Å². The lowest BCUT2D eigenvalue weighted by Crippen LogP contribution is -2.51. The number of nitrogens with one attached hydrogen (secondary N) is 2. The zero-order chi connectivity index (χ0) is 13.0. The Morgan fingerprint density at radius 1 is 1.17 bits per heavy atom. The van der Waals surface area contributed by atoms with Crippen LogP contribution in [0.3, 0.4) is 0 Å². The molecule has 1 aliphatic heterocycles. The molecule has 100 valence electrons. The van der Waals surface area contributed by atoms with E-state index >= 15 is 0 Å². The number of hydrogen-bond acceptors (Lipinski definition) is 3. The van der Waals surface area contributed by atoms with Crippen LogP contribution in [-0.2, 0) is 0 Å². The quantitative estimate of drug-likeness (QED) is 0.845. The van der Waals surface area contributed by atoms with Gasteiger partial charge >= 0.3 is 0 Å². The number of aryl methyl sites for hydroxylation is 1. The fraction of sp³-hybridized carbons (Fsp3) is 0.600. The SMILES string of the molecule is CNC(c1ccc(C)cc1)C(C)N1CCNCC1. The van der Waals surface area contributed by atoms with Crippen LogP contribution in [0.2, 0.25) is 0 Å². The second-order valence-corrected chi connectivity index (χ2v) is 5.20. The molecular formula is C15H25N3. The van der Waals surface area contributed by atoms with Crippen LogP contribution < -0.4 is 10.6 Å². The van der Waals surface area contributed by atoms with Crippen molar-refractivity contribution in [2.24, 2.45) is 0 Å². The van der Waals surface area contributed by atoms with E-state index in [0.29, 0.717) is 12.1 Å². The topological polar surface area (TPSA) is 27.3 Å². The van der Waals surface area contributed by atoms with Crippen LogP contribution >= 0.6 is 0 Å². The highest BCUT2D eigenvalue weighted by molar-refractivity contribution is 5.25. The number of nitrogens with zero attached hydrogens (tertiary/aromatic N) is 1. The van der Waals surface area contributed by atoms with Gasteiger partial charge in [-0.05, 0) is 26.5 Å². The third kappa shape index (κ3) is 3.10. The van der Waals surface area contributed by atoms with Crippen molar-refractivity contribution in [3.8, 4) is 0 Å². The first-order chi connectivity index (χ1) is 8.72. The molecule has 1 aromatic rings. The van der Waals surface area contributed by atoms with Crippen LogP contribution in [0.4, 0.5) is 0 Å². The van der Waals surface area contributed by atoms with Gasteiger partial charge in [-0.3, -0.25) is 4.90 Å². The Balaban J connectivity index is 2.09. The first-order valence-electron chi connectivity index (χ1n) is 6.91. The maximum atomic E-state index is 3.47. The molecule has 2 N–H and O–H groups in total. The summed E-state index contributed by atoms with van der Waals surface area (Å²) in [5.74, 6) is 0. The highest BCUT2D eigenvalue weighted by Crippen LogP contribution is 2.21. The van der Waals surface area contributed by atoms with Crippen LogP contribution in [0, 0.1) is 6.92 Å². The van der Waals surface area contributed by atoms with Crippen molar-refractivity contribution < 1.29 is 0 Å². The largest absolute Gasteiger partial charge is 0.314 e. The fourth-order valence-electron chi connectivity index (χ4n) is 2.76. The first kappa shape index (κ1) is 13.5. The Morgan fingerprint density at radius 2 is 1.78 bits per heavy atom. The normalized spacial score (nSPS) is 20.6. The summed E-state index contributed by atoms with van der Waals surface area (Å²) in [6.07, 6.45) is 0. The minimum atomic E-state index is 0.406. The predicted molar refractivity (Wildman–Crippen MR) is 76.9 cm³/mol. The summed E-state index contributed by atoms with van der Waals surface area (Å²) in [5.41, 5.74) is 2.71. The molecule has 1 saturated heterocycles. The molecule has 1 heterocycles. The molecule has 0 bridgehead atoms. The molecule has 0 radical (unpaired) electrons. The van der Waals surface area contributed by atoms with Crippen molar-refractivity contribution in [2.45, 2.75) is 25.9 Å². The summed E-state index contributed by atoms with van der Waals surface area (Å²) in [6, 6.07) is 9.82. The third-order valence-corrected chi connectivity index (χ3v) is 3.96. The van der Waals surface area contributed by atoms with Crippen LogP contribution in [0.15, 0.2) is 24.3 Å². The third-order valence-electron chi connectivity index (χ3n) is 3.96. The molecule has 2 rings (SSSR count). The molecule has 0 saturated carbocycles. The van der Waals surface area contributed by atoms with Gasteiger partial charge in [0.15, 0.2) is 0 Å². The minimum absolute atomic E-state index is 0.406. The second kappa shape index (κ2) is 6.32. The van der Waals surface area contributed by atoms with Crippen molar-refractivity contribution in [1.29, 1.82) is 0 Å². The van der Waals surface area contributed by atoms with Crippen molar-refractivity contribution in [3.05, 3.63) is 35.4 Å². The maximum Gasteiger partial charge on any atom is 0.0473 e. The molecular weight excluding hydrogens is 222 g/mol. The zero-order valence-electron chi connectivity index (χ0n) is 11.7. The fourth-order valence-corrected chi connectivity index (χ4v) is 2.76. The van der Waals surface area contributed by atoms with Crippen molar-refractivity contribution in [1.82, 2.24) is 15.5 Å². The Kier molecular flexibility index (Phi) is 4.75. The van der Waals surface area contributed by atoms with Gasteiger partial charge in [-0.2, -0.15) is 0 Å². The van der Waals surface area contributed by atoms with Crippen molar-refractivity contribution >= 4 is 0 Å². The van der Waals surface area contributed by atoms with Crippen LogP contribution in [0.5, 0.6) is 0 Å². The lowest BCUT2D eigenvalue weighted by Gasteiger charge is -2.37. The van der Waals surface area contributed by atoms with Gasteiger partial charge in [0.1, 0.15) is 0 Å². The molecule has 1 fully saturated rings. The average molecular weight is 247 g/mol. The summed E-state index contributed by atoms with van der Waals surface area (Å²) in [5, 5.41) is 6.88. The number of likely N-dealkylation sites (N-methyl/N-ethyl adjacent to an activating group) is 1. The number of hydrogen-bond donors (Lipinski definition) is 2. The second-order valence-electron chi connectivity index (χ2n) is 5.20. The van der Waals surface area contributed by atoms with Gasteiger partial charge in [-0.25, -0.2) is 0 Å². The zero-order valence-corrected chi connectivity index (χ0v) is 11.7. The first-order valence-corrected chi connectivity index (χ1v) is 6.91. The summed E-state index contributed by atoms with van der Waals surface area (Å²) in [4.78, 5) is 2.57. The molecule has 3 nitrogen and oxygen atoms in total. The van der Waals surface area contributed by atoms with E-state index in [4.69, 9.17) is 0 Å². The summed E-state index contributed by atoms with van der Waals surface area (Å²) in [6.45, 7) is 8.96. The molecule has 2 atom stereocenters. The summed E-state index contributed by atoms with van der Waals surface area (Å²) < 4.78 is 0. The van der Waals surface area contributed by atoms with Crippen molar-refractivity contribution in [3.63, 3.8) is 0 Å². The molecule has 2 unspecified atom stereocenters. The van der Waals surface area contributed by atoms with Crippen molar-refractivity contribution in [2.75, 3.05) is 33.2 Å². The Hall–Kier alpha value is -0.900. The molecule has 18 heavy (non-hydrogen) atoms. The summed E-state index contributed by atoms with van der Waals surface area (Å²) >= 11 is 0. The smallest absolute Gasteiger partial charge is 0.0473 e. The highest BCUT2D eigenvalue weighted by Gasteiger charge is 2.24. The Labute approximate surface area is 111 Å². The van der Waals surface area contributed by atoms with E-state index in [2.05, 4.69) is 60.7 Å². The van der Waals surface area contributed by atoms with Gasteiger partial charge in [0, 0.05) is 38.3 Å². The Morgan fingerprint density at radius 3 is 2.33 bits per heavy atom. The summed E-state index contributed by atoms with van der Waals surface area (Å²) in [7, 11) is 2.06. The van der Waals surface area contributed by atoms with Gasteiger partial charge in [0.25, 0.3) is 0 Å². The van der Waals surface area contributed by atoms with E-state index in [1.807, 2.05) is 0 Å². The number of benzene rings is 1. The molecule has 0 aromatic heterocycles. The monoisotopic (exact) mass is 247 g/mol. The Bertz CT molecular complexity index is 355. The lowest BCUT2D eigenvalue weighted by atomic mass is 9.98. The van der Waals surface area contributed by atoms with Crippen LogP contribution in [0.25, 0.3) is 0 Å². The van der Waals surface area contributed by atoms with E-state index in [0.717, 1.165) is 26.2 Å². The standard InChI is InChI=1S/C15H25N3/c1-12-4-6-14(7-5-12)15(16-3)13(2)18-10-8-17-9-11-18/h4-7,13,15-17H,8-11H2,1-3H3. The van der Waals surface area contributed by atoms with E-state index in [1.165, 1.54) is 11.1 Å². The number of piperazine rings is 1. The highest BCUT2D eigenvalue weighted by atomic mass is 15.2. The number of rotatable bonds is 4. The molecule has 3 heteroatoms. The molecule has 0 spiro atoms. The van der Waals surface area contributed by atoms with E-state index in [-0.39, 0.29) is 0 Å². The lowest BCUT2D eigenvalue weighted by molar-refractivity contribution is 0.153. The van der Waals surface area contributed by atoms with Gasteiger partial charge in [-0.15, -0.1) is 0 Å². The maximum absolute atomic E-state index is 3.47. The minimum Gasteiger partial charge on any atom is -0.314 e. The van der Waals surface area contributed by atoms with Gasteiger partial charge < -0.3 is 10.6 Å². The molecule has 0 aliphatic carbocycles. The van der Waals surface area contributed by atoms with Crippen LogP contribution in [-0.4, -0.2) is 44.2 Å². The van der Waals surface area contributed by atoms with Crippen LogP contribution in [0.1, 0.15) is 24.1 Å². The molecule has 1 aliphatic rings. The predicted octanol–water partition coefficient (Wildman–Crippen LogP) is 1.55. The van der Waals surface area contributed by atoms with E-state index < -0.39 is 0 Å². The van der Waals surface area contributed by atoms with Gasteiger partial charge in [0.05, 0.1) is 0 Å². The van der Waals surface area contributed by atoms with E-state index in [9.17, 15) is 0 Å². The molecule has 0 amide bonds. The molecule has 1 aromatic carbocycles. The van der Waals surface area contributed by atoms with E-state index in [1.54, 1.807) is 0 Å². The average Bonchev–Trinajstić information content (AvgIpc) is 2.42. The van der Waals surface area contributed by atoms with Gasteiger partial charge in [-0.1, -0.05) is 29.8 Å².